The highest BCUT2D eigenvalue weighted by Crippen LogP contribution is 2.32. The molecular weight excluding hydrogens is 184 g/mol. The molecule has 0 heterocycles. The first kappa shape index (κ1) is 12.8. The second kappa shape index (κ2) is 4.69. The van der Waals surface area contributed by atoms with Gasteiger partial charge in [-0.3, -0.25) is 0 Å². The maximum Gasteiger partial charge on any atom is 0.0664 e. The summed E-state index contributed by atoms with van der Waals surface area (Å²) in [7, 11) is 0. The lowest BCUT2D eigenvalue weighted by Crippen LogP contribution is -2.37. The van der Waals surface area contributed by atoms with Crippen LogP contribution in [-0.4, -0.2) is 11.2 Å². The minimum atomic E-state index is -0.0211. The quantitative estimate of drug-likeness (QED) is 0.580. The van der Waals surface area contributed by atoms with Gasteiger partial charge in [-0.05, 0) is 66.7 Å². The van der Waals surface area contributed by atoms with Crippen molar-refractivity contribution in [1.29, 1.82) is 0 Å². The molecule has 0 saturated carbocycles. The van der Waals surface area contributed by atoms with Gasteiger partial charge in [0.2, 0.25) is 0 Å². The summed E-state index contributed by atoms with van der Waals surface area (Å²) in [5, 5.41) is 0. The fraction of sp³-hybridized carbons (Fsp3) is 0.857. The first-order valence-electron chi connectivity index (χ1n) is 6.17. The van der Waals surface area contributed by atoms with Crippen molar-refractivity contribution in [2.24, 2.45) is 0 Å². The van der Waals surface area contributed by atoms with Crippen molar-refractivity contribution in [2.75, 3.05) is 0 Å². The van der Waals surface area contributed by atoms with Crippen LogP contribution in [0.5, 0.6) is 0 Å². The number of rotatable bonds is 1. The van der Waals surface area contributed by atoms with E-state index in [1.165, 1.54) is 25.7 Å². The third kappa shape index (κ3) is 4.83. The van der Waals surface area contributed by atoms with Gasteiger partial charge < -0.3 is 4.74 Å². The molecule has 88 valence electrons. The van der Waals surface area contributed by atoms with E-state index in [2.05, 4.69) is 40.7 Å². The summed E-state index contributed by atoms with van der Waals surface area (Å²) in [6.45, 7) is 11.0. The van der Waals surface area contributed by atoms with Crippen LogP contribution in [0.25, 0.3) is 0 Å². The van der Waals surface area contributed by atoms with Gasteiger partial charge >= 0.3 is 0 Å². The molecule has 0 saturated heterocycles. The molecule has 0 N–H and O–H groups in total. The van der Waals surface area contributed by atoms with Crippen molar-refractivity contribution in [3.8, 4) is 0 Å². The molecule has 1 unspecified atom stereocenters. The molecule has 1 aliphatic carbocycles. The minimum absolute atomic E-state index is 0.0211. The smallest absolute Gasteiger partial charge is 0.0664 e. The van der Waals surface area contributed by atoms with Crippen LogP contribution < -0.4 is 0 Å². The molecular formula is C14H26O. The molecule has 1 atom stereocenters. The van der Waals surface area contributed by atoms with Crippen LogP contribution in [0, 0.1) is 0 Å². The van der Waals surface area contributed by atoms with Crippen molar-refractivity contribution in [3.05, 3.63) is 11.6 Å². The highest BCUT2D eigenvalue weighted by atomic mass is 16.5. The Labute approximate surface area is 94.9 Å². The first-order chi connectivity index (χ1) is 6.81. The summed E-state index contributed by atoms with van der Waals surface area (Å²) >= 11 is 0. The molecule has 0 amide bonds. The Balaban J connectivity index is 2.61. The van der Waals surface area contributed by atoms with Gasteiger partial charge in [0.1, 0.15) is 0 Å². The van der Waals surface area contributed by atoms with Crippen LogP contribution in [0.4, 0.5) is 0 Å². The third-order valence-electron chi connectivity index (χ3n) is 3.00. The molecule has 1 rings (SSSR count). The summed E-state index contributed by atoms with van der Waals surface area (Å²) in [5.41, 5.74) is 1.61. The Kier molecular flexibility index (Phi) is 3.99. The Morgan fingerprint density at radius 3 is 2.53 bits per heavy atom. The molecule has 0 aromatic carbocycles. The van der Waals surface area contributed by atoms with Crippen LogP contribution in [-0.2, 0) is 4.74 Å². The van der Waals surface area contributed by atoms with E-state index < -0.39 is 0 Å². The molecule has 1 heteroatoms. The van der Waals surface area contributed by atoms with Crippen LogP contribution in [0.2, 0.25) is 0 Å². The van der Waals surface area contributed by atoms with E-state index in [1.54, 1.807) is 5.57 Å². The zero-order valence-electron chi connectivity index (χ0n) is 11.0. The van der Waals surface area contributed by atoms with Crippen molar-refractivity contribution < 1.29 is 4.74 Å². The molecule has 0 aliphatic heterocycles. The van der Waals surface area contributed by atoms with E-state index in [0.717, 1.165) is 6.42 Å². The Hall–Kier alpha value is -0.300. The van der Waals surface area contributed by atoms with Gasteiger partial charge in [-0.15, -0.1) is 0 Å². The molecule has 0 bridgehead atoms. The summed E-state index contributed by atoms with van der Waals surface area (Å²) in [6, 6.07) is 0. The van der Waals surface area contributed by atoms with E-state index in [1.807, 2.05) is 0 Å². The summed E-state index contributed by atoms with van der Waals surface area (Å²) < 4.78 is 6.21. The van der Waals surface area contributed by atoms with Gasteiger partial charge in [0, 0.05) is 0 Å². The largest absolute Gasteiger partial charge is 0.370 e. The Morgan fingerprint density at radius 1 is 1.27 bits per heavy atom. The zero-order chi connectivity index (χ0) is 11.5. The predicted molar refractivity (Wildman–Crippen MR) is 66.1 cm³/mol. The molecule has 15 heavy (non-hydrogen) atoms. The highest BCUT2D eigenvalue weighted by molar-refractivity contribution is 5.01. The predicted octanol–water partition coefficient (Wildman–Crippen LogP) is 4.47. The molecule has 0 radical (unpaired) electrons. The van der Waals surface area contributed by atoms with Crippen molar-refractivity contribution in [2.45, 2.75) is 77.9 Å². The van der Waals surface area contributed by atoms with E-state index in [9.17, 15) is 0 Å². The first-order valence-corrected chi connectivity index (χ1v) is 6.17. The standard InChI is InChI=1S/C14H26O/c1-12-8-6-10-14(5,11-7-9-12)15-13(2,3)4/h8H,6-7,9-11H2,1-5H3/b12-8-. The number of allylic oxidation sites excluding steroid dienone is 2. The molecule has 0 aromatic heterocycles. The number of ether oxygens (including phenoxy) is 1. The fourth-order valence-electron chi connectivity index (χ4n) is 2.43. The third-order valence-corrected chi connectivity index (χ3v) is 3.00. The second-order valence-corrected chi connectivity index (χ2v) is 6.11. The lowest BCUT2D eigenvalue weighted by molar-refractivity contribution is -0.130. The Morgan fingerprint density at radius 2 is 1.93 bits per heavy atom. The highest BCUT2D eigenvalue weighted by Gasteiger charge is 2.30. The van der Waals surface area contributed by atoms with Gasteiger partial charge in [-0.1, -0.05) is 11.6 Å². The average molecular weight is 210 g/mol. The van der Waals surface area contributed by atoms with E-state index in [0.29, 0.717) is 0 Å². The lowest BCUT2D eigenvalue weighted by Gasteiger charge is -2.37. The Bertz CT molecular complexity index is 234. The van der Waals surface area contributed by atoms with Gasteiger partial charge in [0.25, 0.3) is 0 Å². The zero-order valence-corrected chi connectivity index (χ0v) is 11.0. The van der Waals surface area contributed by atoms with Gasteiger partial charge in [0.05, 0.1) is 11.2 Å². The van der Waals surface area contributed by atoms with Crippen molar-refractivity contribution in [1.82, 2.24) is 0 Å². The van der Waals surface area contributed by atoms with Crippen LogP contribution in [0.15, 0.2) is 11.6 Å². The second-order valence-electron chi connectivity index (χ2n) is 6.11. The lowest BCUT2D eigenvalue weighted by atomic mass is 9.88. The molecule has 0 aromatic rings. The number of hydrogen-bond donors (Lipinski definition) is 0. The molecule has 1 nitrogen and oxygen atoms in total. The van der Waals surface area contributed by atoms with Crippen LogP contribution >= 0.6 is 0 Å². The normalized spacial score (nSPS) is 32.7. The summed E-state index contributed by atoms with van der Waals surface area (Å²) in [6.07, 6.45) is 8.39. The van der Waals surface area contributed by atoms with E-state index >= 15 is 0 Å². The van der Waals surface area contributed by atoms with E-state index in [-0.39, 0.29) is 11.2 Å². The SMILES string of the molecule is C/C1=C/CCC(C)(OC(C)(C)C)CCC1. The monoisotopic (exact) mass is 210 g/mol. The summed E-state index contributed by atoms with van der Waals surface area (Å²) in [5.74, 6) is 0. The van der Waals surface area contributed by atoms with Crippen LogP contribution in [0.3, 0.4) is 0 Å². The van der Waals surface area contributed by atoms with Crippen molar-refractivity contribution >= 4 is 0 Å². The van der Waals surface area contributed by atoms with Crippen molar-refractivity contribution in [3.63, 3.8) is 0 Å². The molecule has 0 spiro atoms. The van der Waals surface area contributed by atoms with Gasteiger partial charge in [-0.25, -0.2) is 0 Å². The maximum absolute atomic E-state index is 6.21. The average Bonchev–Trinajstić information content (AvgIpc) is 1.97. The summed E-state index contributed by atoms with van der Waals surface area (Å²) in [4.78, 5) is 0. The van der Waals surface area contributed by atoms with Gasteiger partial charge in [0.15, 0.2) is 0 Å². The topological polar surface area (TPSA) is 9.23 Å². The van der Waals surface area contributed by atoms with Gasteiger partial charge in [-0.2, -0.15) is 0 Å². The van der Waals surface area contributed by atoms with E-state index in [4.69, 9.17) is 4.74 Å². The number of hydrogen-bond acceptors (Lipinski definition) is 1. The fourth-order valence-corrected chi connectivity index (χ4v) is 2.43. The van der Waals surface area contributed by atoms with Crippen LogP contribution in [0.1, 0.15) is 66.7 Å². The minimum Gasteiger partial charge on any atom is -0.370 e. The molecule has 1 aliphatic rings. The maximum atomic E-state index is 6.21. The molecule has 0 fully saturated rings.